The van der Waals surface area contributed by atoms with Crippen molar-refractivity contribution in [3.63, 3.8) is 0 Å². The van der Waals surface area contributed by atoms with Crippen molar-refractivity contribution in [2.24, 2.45) is 0 Å². The van der Waals surface area contributed by atoms with Crippen molar-refractivity contribution in [2.45, 2.75) is 106 Å². The first-order chi connectivity index (χ1) is 48.7. The summed E-state index contributed by atoms with van der Waals surface area (Å²) in [5.74, 6) is -6.38. The fourth-order valence-electron chi connectivity index (χ4n) is 7.71. The molecule has 0 aliphatic carbocycles. The van der Waals surface area contributed by atoms with Crippen LogP contribution in [0.15, 0.2) is 232 Å². The van der Waals surface area contributed by atoms with Crippen LogP contribution in [0.5, 0.6) is 0 Å². The SMILES string of the molecule is C=C(C)COCc1ccc(C(=O)O)cc1.C=C(C)COCc1cccc(C(=O)O)c1.C=CCCOCc1ccc(C(=O)O)cc1.C=CCCOCc1cccc(C(=O)O)c1.C=CCOCc1cccc(C(=O)O)c1.CC(C)OCc1cccc(C(=O)O)c1.CCCOCc1cccc(C(=O)O)c1. The van der Waals surface area contributed by atoms with Crippen LogP contribution in [0.25, 0.3) is 0 Å². The van der Waals surface area contributed by atoms with Crippen LogP contribution in [0.2, 0.25) is 0 Å². The molecule has 0 heterocycles. The van der Waals surface area contributed by atoms with E-state index in [9.17, 15) is 33.6 Å². The highest BCUT2D eigenvalue weighted by molar-refractivity contribution is 5.90. The number of carboxylic acid groups (broad SMARTS) is 7. The highest BCUT2D eigenvalue weighted by atomic mass is 16.5. The number of hydrogen-bond donors (Lipinski definition) is 7. The normalized spacial score (nSPS) is 9.98. The molecule has 0 saturated carbocycles. The van der Waals surface area contributed by atoms with E-state index in [-0.39, 0.29) is 17.2 Å². The Bertz CT molecular complexity index is 3700. The van der Waals surface area contributed by atoms with Crippen LogP contribution in [-0.2, 0) is 79.4 Å². The van der Waals surface area contributed by atoms with Gasteiger partial charge in [0.1, 0.15) is 0 Å². The molecule has 0 fully saturated rings. The first-order valence-corrected chi connectivity index (χ1v) is 32.2. The molecule has 0 spiro atoms. The molecule has 546 valence electrons. The van der Waals surface area contributed by atoms with Gasteiger partial charge in [-0.3, -0.25) is 0 Å². The summed E-state index contributed by atoms with van der Waals surface area (Å²) in [7, 11) is 0. The Morgan fingerprint density at radius 2 is 0.608 bits per heavy atom. The van der Waals surface area contributed by atoms with Gasteiger partial charge in [-0.1, -0.05) is 134 Å². The van der Waals surface area contributed by atoms with E-state index in [1.54, 1.807) is 158 Å². The maximum atomic E-state index is 10.7. The molecule has 0 atom stereocenters. The maximum absolute atomic E-state index is 10.7. The Labute approximate surface area is 597 Å². The van der Waals surface area contributed by atoms with Gasteiger partial charge >= 0.3 is 41.8 Å². The summed E-state index contributed by atoms with van der Waals surface area (Å²) in [5, 5.41) is 61.1. The van der Waals surface area contributed by atoms with Crippen molar-refractivity contribution in [3.8, 4) is 0 Å². The summed E-state index contributed by atoms with van der Waals surface area (Å²) in [6.07, 6.45) is 8.00. The zero-order valence-corrected chi connectivity index (χ0v) is 58.7. The van der Waals surface area contributed by atoms with Gasteiger partial charge in [0, 0.05) is 6.61 Å². The number of hydrogen-bond acceptors (Lipinski definition) is 14. The molecule has 7 rings (SSSR count). The zero-order valence-electron chi connectivity index (χ0n) is 58.7. The molecule has 0 amide bonds. The predicted molar refractivity (Wildman–Crippen MR) is 391 cm³/mol. The number of benzene rings is 7. The second-order valence-electron chi connectivity index (χ2n) is 22.4. The van der Waals surface area contributed by atoms with Gasteiger partial charge in [-0.2, -0.15) is 0 Å². The van der Waals surface area contributed by atoms with Crippen molar-refractivity contribution >= 4 is 41.8 Å². The van der Waals surface area contributed by atoms with Crippen LogP contribution in [0.1, 0.15) is 165 Å². The van der Waals surface area contributed by atoms with E-state index < -0.39 is 41.8 Å². The summed E-state index contributed by atoms with van der Waals surface area (Å²) < 4.78 is 37.2. The van der Waals surface area contributed by atoms with E-state index in [1.165, 1.54) is 0 Å². The maximum Gasteiger partial charge on any atom is 0.335 e. The Balaban J connectivity index is 0.000000595. The van der Waals surface area contributed by atoms with Crippen LogP contribution < -0.4 is 0 Å². The molecule has 7 N–H and O–H groups in total. The van der Waals surface area contributed by atoms with Crippen LogP contribution in [-0.4, -0.2) is 123 Å². The van der Waals surface area contributed by atoms with Gasteiger partial charge in [-0.25, -0.2) is 33.6 Å². The fraction of sp³-hybridized carbons (Fsp3) is 0.272. The molecule has 7 aromatic rings. The minimum atomic E-state index is -0.921. The van der Waals surface area contributed by atoms with Crippen LogP contribution >= 0.6 is 0 Å². The lowest BCUT2D eigenvalue weighted by atomic mass is 10.1. The highest BCUT2D eigenvalue weighted by Gasteiger charge is 2.09. The zero-order chi connectivity index (χ0) is 76.0. The Morgan fingerprint density at radius 1 is 0.343 bits per heavy atom. The van der Waals surface area contributed by atoms with Crippen LogP contribution in [0, 0.1) is 0 Å². The van der Waals surface area contributed by atoms with Gasteiger partial charge in [0.05, 0.1) is 124 Å². The molecule has 0 saturated heterocycles. The molecular weight excluding hydrogens is 1310 g/mol. The van der Waals surface area contributed by atoms with Crippen LogP contribution in [0.4, 0.5) is 0 Å². The average Bonchev–Trinajstić information content (AvgIpc) is 0.971. The van der Waals surface area contributed by atoms with Crippen molar-refractivity contribution in [1.29, 1.82) is 0 Å². The largest absolute Gasteiger partial charge is 0.478 e. The van der Waals surface area contributed by atoms with E-state index in [0.29, 0.717) is 114 Å². The summed E-state index contributed by atoms with van der Waals surface area (Å²) in [6, 6.07) is 47.1. The smallest absolute Gasteiger partial charge is 0.335 e. The topological polar surface area (TPSA) is 326 Å². The van der Waals surface area contributed by atoms with Crippen molar-refractivity contribution in [2.75, 3.05) is 39.6 Å². The molecule has 0 unspecified atom stereocenters. The van der Waals surface area contributed by atoms with E-state index in [1.807, 2.05) is 65.0 Å². The fourth-order valence-corrected chi connectivity index (χ4v) is 7.71. The third kappa shape index (κ3) is 43.6. The Kier molecular flexibility index (Phi) is 47.4. The van der Waals surface area contributed by atoms with Gasteiger partial charge < -0.3 is 68.9 Å². The third-order valence-corrected chi connectivity index (χ3v) is 12.7. The minimum Gasteiger partial charge on any atom is -0.478 e. The molecule has 0 radical (unpaired) electrons. The van der Waals surface area contributed by atoms with Crippen molar-refractivity contribution < 1.29 is 102 Å². The highest BCUT2D eigenvalue weighted by Crippen LogP contribution is 2.13. The minimum absolute atomic E-state index is 0.156. The molecule has 0 aromatic heterocycles. The second-order valence-corrected chi connectivity index (χ2v) is 22.4. The lowest BCUT2D eigenvalue weighted by Gasteiger charge is -2.07. The number of carboxylic acids is 7. The van der Waals surface area contributed by atoms with Crippen LogP contribution in [0.3, 0.4) is 0 Å². The number of carbonyl (C=O) groups is 7. The molecule has 21 nitrogen and oxygen atoms in total. The van der Waals surface area contributed by atoms with E-state index >= 15 is 0 Å². The van der Waals surface area contributed by atoms with Gasteiger partial charge in [0.25, 0.3) is 0 Å². The lowest BCUT2D eigenvalue weighted by molar-refractivity contribution is 0.0649. The first-order valence-electron chi connectivity index (χ1n) is 32.2. The van der Waals surface area contributed by atoms with Gasteiger partial charge in [0.2, 0.25) is 0 Å². The standard InChI is InChI=1S/4C12H14O3.2C11H14O3.C11H12O3/c1-9(2)7-15-8-10-3-5-11(6-4-10)12(13)14;1-9(2)7-15-8-10-4-3-5-11(6-10)12(13)14;1-2-3-8-15-9-10-4-6-11(7-5-10)12(13)14;1-2-3-7-15-9-10-5-4-6-11(8-10)12(13)14;1-8(2)14-7-9-4-3-5-10(6-9)11(12)13;2*1-2-6-14-8-9-4-3-5-10(7-9)11(12)13/h2*3-6H,1,7-8H2,2H3,(H,13,14);2,4-7H,1,3,8-9H2,(H,13,14);2,4-6,8H,1,3,7,9H2,(H,13,14);3-6,8H,7H2,1-2H3,(H,12,13);3-5,7H,2,6,8H2,1H3,(H,12,13);2-5,7H,1,6,8H2,(H,12,13). The van der Waals surface area contributed by atoms with Crippen molar-refractivity contribution in [1.82, 2.24) is 0 Å². The van der Waals surface area contributed by atoms with E-state index in [2.05, 4.69) is 32.9 Å². The molecule has 0 aliphatic rings. The number of aromatic carboxylic acids is 7. The van der Waals surface area contributed by atoms with E-state index in [0.717, 1.165) is 69.4 Å². The summed E-state index contributed by atoms with van der Waals surface area (Å²) in [4.78, 5) is 74.4. The quantitative estimate of drug-likeness (QED) is 0.0142. The monoisotopic (exact) mass is 1400 g/mol. The molecular formula is C81H96O21. The average molecular weight is 1410 g/mol. The lowest BCUT2D eigenvalue weighted by Crippen LogP contribution is -2.03. The predicted octanol–water partition coefficient (Wildman–Crippen LogP) is 16.6. The summed E-state index contributed by atoms with van der Waals surface area (Å²) in [6.45, 7) is 34.5. The van der Waals surface area contributed by atoms with Gasteiger partial charge in [-0.15, -0.1) is 19.7 Å². The second kappa shape index (κ2) is 54.1. The van der Waals surface area contributed by atoms with E-state index in [4.69, 9.17) is 68.9 Å². The van der Waals surface area contributed by atoms with Gasteiger partial charge in [-0.05, 0) is 171 Å². The van der Waals surface area contributed by atoms with Gasteiger partial charge in [0.15, 0.2) is 0 Å². The molecule has 0 bridgehead atoms. The molecule has 0 aliphatic heterocycles. The Morgan fingerprint density at radius 3 is 0.873 bits per heavy atom. The summed E-state index contributed by atoms with van der Waals surface area (Å²) >= 11 is 0. The number of rotatable bonds is 36. The molecule has 7 aromatic carbocycles. The Hall–Kier alpha value is -10.8. The molecule has 102 heavy (non-hydrogen) atoms. The number of ether oxygens (including phenoxy) is 7. The third-order valence-electron chi connectivity index (χ3n) is 12.7. The first kappa shape index (κ1) is 89.3. The summed E-state index contributed by atoms with van der Waals surface area (Å²) in [5.41, 5.74) is 10.3. The van der Waals surface area contributed by atoms with Crippen molar-refractivity contribution in [3.05, 3.63) is 310 Å². The molecule has 21 heteroatoms.